The maximum absolute atomic E-state index is 13.1. The summed E-state index contributed by atoms with van der Waals surface area (Å²) in [6.07, 6.45) is 4.17. The van der Waals surface area contributed by atoms with Crippen molar-refractivity contribution in [2.45, 2.75) is 31.8 Å². The first kappa shape index (κ1) is 16.0. The molecule has 1 heterocycles. The van der Waals surface area contributed by atoms with E-state index in [-0.39, 0.29) is 5.91 Å². The molecule has 3 aromatic rings. The highest BCUT2D eigenvalue weighted by atomic mass is 32.1. The van der Waals surface area contributed by atoms with Gasteiger partial charge in [-0.15, -0.1) is 11.3 Å². The molecule has 0 bridgehead atoms. The van der Waals surface area contributed by atoms with Crippen LogP contribution in [0.1, 0.15) is 44.6 Å². The van der Waals surface area contributed by atoms with Crippen LogP contribution in [0.25, 0.3) is 0 Å². The largest absolute Gasteiger partial charge is 0.329 e. The van der Waals surface area contributed by atoms with E-state index in [9.17, 15) is 4.79 Å². The van der Waals surface area contributed by atoms with Gasteiger partial charge in [0.1, 0.15) is 4.88 Å². The Kier molecular flexibility index (Phi) is 4.61. The molecule has 126 valence electrons. The lowest BCUT2D eigenvalue weighted by atomic mass is 10.1. The van der Waals surface area contributed by atoms with E-state index in [0.29, 0.717) is 19.0 Å². The number of carbonyl (C=O) groups excluding carboxylic acids is 1. The molecule has 0 aliphatic heterocycles. The monoisotopic (exact) mass is 348 g/mol. The molecular formula is C21H20N2OS. The van der Waals surface area contributed by atoms with Crippen LogP contribution in [0.4, 0.5) is 0 Å². The Bertz CT molecular complexity index is 799. The third-order valence-corrected chi connectivity index (χ3v) is 5.53. The van der Waals surface area contributed by atoms with E-state index >= 15 is 0 Å². The molecule has 1 saturated carbocycles. The number of thiazole rings is 1. The molecule has 1 aliphatic carbocycles. The minimum absolute atomic E-state index is 0.0668. The van der Waals surface area contributed by atoms with E-state index in [1.54, 1.807) is 17.5 Å². The van der Waals surface area contributed by atoms with Crippen LogP contribution in [0.15, 0.2) is 66.9 Å². The minimum Gasteiger partial charge on any atom is -0.329 e. The smallest absolute Gasteiger partial charge is 0.266 e. The van der Waals surface area contributed by atoms with Crippen molar-refractivity contribution in [1.82, 2.24) is 9.88 Å². The average molecular weight is 348 g/mol. The predicted molar refractivity (Wildman–Crippen MR) is 101 cm³/mol. The van der Waals surface area contributed by atoms with Crippen LogP contribution in [-0.2, 0) is 13.1 Å². The molecule has 4 rings (SSSR count). The first-order valence-electron chi connectivity index (χ1n) is 8.62. The molecule has 1 fully saturated rings. The van der Waals surface area contributed by atoms with Crippen LogP contribution in [0.2, 0.25) is 0 Å². The zero-order chi connectivity index (χ0) is 17.1. The van der Waals surface area contributed by atoms with E-state index in [2.05, 4.69) is 29.2 Å². The maximum Gasteiger partial charge on any atom is 0.266 e. The van der Waals surface area contributed by atoms with E-state index in [4.69, 9.17) is 0 Å². The number of aromatic nitrogens is 1. The summed E-state index contributed by atoms with van der Waals surface area (Å²) in [4.78, 5) is 20.2. The average Bonchev–Trinajstić information content (AvgIpc) is 3.39. The van der Waals surface area contributed by atoms with Gasteiger partial charge >= 0.3 is 0 Å². The second-order valence-electron chi connectivity index (χ2n) is 6.47. The van der Waals surface area contributed by atoms with Gasteiger partial charge in [-0.3, -0.25) is 4.79 Å². The van der Waals surface area contributed by atoms with Gasteiger partial charge in [-0.25, -0.2) is 4.98 Å². The molecule has 0 saturated heterocycles. The van der Waals surface area contributed by atoms with E-state index < -0.39 is 0 Å². The van der Waals surface area contributed by atoms with Crippen molar-refractivity contribution in [3.63, 3.8) is 0 Å². The van der Waals surface area contributed by atoms with Crippen LogP contribution in [0, 0.1) is 0 Å². The van der Waals surface area contributed by atoms with Crippen molar-refractivity contribution >= 4 is 17.2 Å². The Morgan fingerprint density at radius 2 is 1.52 bits per heavy atom. The van der Waals surface area contributed by atoms with Gasteiger partial charge in [0.2, 0.25) is 0 Å². The number of amides is 1. The molecule has 0 atom stereocenters. The standard InChI is InChI=1S/C21H20N2OS/c24-21(19-13-22-20(25-19)18-11-12-18)23(14-16-7-3-1-4-8-16)15-17-9-5-2-6-10-17/h1-10,13,18H,11-12,14-15H2. The number of carbonyl (C=O) groups is 1. The summed E-state index contributed by atoms with van der Waals surface area (Å²) in [7, 11) is 0. The van der Waals surface area contributed by atoms with Crippen LogP contribution in [0.3, 0.4) is 0 Å². The fourth-order valence-electron chi connectivity index (χ4n) is 2.87. The Morgan fingerprint density at radius 3 is 2.04 bits per heavy atom. The van der Waals surface area contributed by atoms with Gasteiger partial charge < -0.3 is 4.90 Å². The summed E-state index contributed by atoms with van der Waals surface area (Å²) in [6.45, 7) is 1.20. The van der Waals surface area contributed by atoms with Crippen molar-refractivity contribution in [3.05, 3.63) is 87.9 Å². The van der Waals surface area contributed by atoms with E-state index in [0.717, 1.165) is 21.0 Å². The van der Waals surface area contributed by atoms with Crippen LogP contribution in [0.5, 0.6) is 0 Å². The van der Waals surface area contributed by atoms with E-state index in [1.807, 2.05) is 41.3 Å². The Hall–Kier alpha value is -2.46. The summed E-state index contributed by atoms with van der Waals surface area (Å²) in [5.74, 6) is 0.653. The second kappa shape index (κ2) is 7.19. The molecule has 1 aromatic heterocycles. The zero-order valence-electron chi connectivity index (χ0n) is 14.0. The van der Waals surface area contributed by atoms with Crippen molar-refractivity contribution in [3.8, 4) is 0 Å². The highest BCUT2D eigenvalue weighted by Crippen LogP contribution is 2.41. The van der Waals surface area contributed by atoms with Crippen molar-refractivity contribution in [2.24, 2.45) is 0 Å². The molecule has 2 aromatic carbocycles. The molecule has 4 heteroatoms. The molecule has 1 aliphatic rings. The van der Waals surface area contributed by atoms with Crippen molar-refractivity contribution in [1.29, 1.82) is 0 Å². The first-order chi connectivity index (χ1) is 12.3. The highest BCUT2D eigenvalue weighted by molar-refractivity contribution is 7.13. The molecular weight excluding hydrogens is 328 g/mol. The second-order valence-corrected chi connectivity index (χ2v) is 7.53. The van der Waals surface area contributed by atoms with Gasteiger partial charge in [0.15, 0.2) is 0 Å². The predicted octanol–water partition coefficient (Wildman–Crippen LogP) is 4.86. The molecule has 0 spiro atoms. The number of nitrogens with zero attached hydrogens (tertiary/aromatic N) is 2. The lowest BCUT2D eigenvalue weighted by Gasteiger charge is -2.22. The maximum atomic E-state index is 13.1. The van der Waals surface area contributed by atoms with Gasteiger partial charge in [0, 0.05) is 19.0 Å². The summed E-state index contributed by atoms with van der Waals surface area (Å²) < 4.78 is 0. The van der Waals surface area contributed by atoms with Crippen LogP contribution < -0.4 is 0 Å². The lowest BCUT2D eigenvalue weighted by Crippen LogP contribution is -2.29. The molecule has 3 nitrogen and oxygen atoms in total. The third-order valence-electron chi connectivity index (χ3n) is 4.38. The lowest BCUT2D eigenvalue weighted by molar-refractivity contribution is 0.0734. The fourth-order valence-corrected chi connectivity index (χ4v) is 3.92. The van der Waals surface area contributed by atoms with Crippen molar-refractivity contribution in [2.75, 3.05) is 0 Å². The van der Waals surface area contributed by atoms with Gasteiger partial charge in [-0.05, 0) is 24.0 Å². The van der Waals surface area contributed by atoms with Gasteiger partial charge in [0.05, 0.1) is 11.2 Å². The Labute approximate surface area is 152 Å². The first-order valence-corrected chi connectivity index (χ1v) is 9.44. The van der Waals surface area contributed by atoms with Crippen LogP contribution >= 0.6 is 11.3 Å². The normalized spacial score (nSPS) is 13.6. The topological polar surface area (TPSA) is 33.2 Å². The number of rotatable bonds is 6. The molecule has 0 radical (unpaired) electrons. The highest BCUT2D eigenvalue weighted by Gasteiger charge is 2.28. The zero-order valence-corrected chi connectivity index (χ0v) is 14.8. The molecule has 25 heavy (non-hydrogen) atoms. The summed E-state index contributed by atoms with van der Waals surface area (Å²) in [6, 6.07) is 20.3. The molecule has 0 N–H and O–H groups in total. The summed E-state index contributed by atoms with van der Waals surface area (Å²) in [5.41, 5.74) is 2.28. The Morgan fingerprint density at radius 1 is 0.960 bits per heavy atom. The van der Waals surface area contributed by atoms with Gasteiger partial charge in [-0.1, -0.05) is 60.7 Å². The van der Waals surface area contributed by atoms with Crippen molar-refractivity contribution < 1.29 is 4.79 Å². The van der Waals surface area contributed by atoms with E-state index in [1.165, 1.54) is 12.8 Å². The molecule has 1 amide bonds. The number of hydrogen-bond donors (Lipinski definition) is 0. The third kappa shape index (κ3) is 3.97. The Balaban J connectivity index is 1.57. The summed E-state index contributed by atoms with van der Waals surface area (Å²) in [5, 5.41) is 1.11. The quantitative estimate of drug-likeness (QED) is 0.637. The summed E-state index contributed by atoms with van der Waals surface area (Å²) >= 11 is 1.56. The SMILES string of the molecule is O=C(c1cnc(C2CC2)s1)N(Cc1ccccc1)Cc1ccccc1. The molecule has 0 unspecified atom stereocenters. The number of hydrogen-bond acceptors (Lipinski definition) is 3. The van der Waals surface area contributed by atoms with Crippen LogP contribution in [-0.4, -0.2) is 15.8 Å². The van der Waals surface area contributed by atoms with Gasteiger partial charge in [-0.2, -0.15) is 0 Å². The van der Waals surface area contributed by atoms with Gasteiger partial charge in [0.25, 0.3) is 5.91 Å². The fraction of sp³-hybridized carbons (Fsp3) is 0.238. The minimum atomic E-state index is 0.0668. The number of benzene rings is 2.